The minimum Gasteiger partial charge on any atom is -0.326 e. The fourth-order valence-electron chi connectivity index (χ4n) is 2.86. The molecule has 0 unspecified atom stereocenters. The summed E-state index contributed by atoms with van der Waals surface area (Å²) in [5, 5.41) is 20.7. The first-order valence-corrected chi connectivity index (χ1v) is 9.36. The van der Waals surface area contributed by atoms with Gasteiger partial charge in [-0.15, -0.1) is 0 Å². The standard InChI is InChI=1S/C21H19N5O5/c1-3-19(28)22-14-7-6-8-15(12-14)23-21(29)20-18(27)11-13(2)25(24-20)16-9-4-5-10-17(16)26(30)31/h4-12H,3H2,1-2H3,(H,22,28)(H,23,29). The number of aryl methyl sites for hydroxylation is 1. The fraction of sp³-hybridized carbons (Fsp3) is 0.143. The van der Waals surface area contributed by atoms with E-state index in [0.29, 0.717) is 23.5 Å². The highest BCUT2D eigenvalue weighted by molar-refractivity contribution is 6.03. The van der Waals surface area contributed by atoms with Gasteiger partial charge in [0.1, 0.15) is 5.69 Å². The third kappa shape index (κ3) is 4.81. The molecule has 10 nitrogen and oxygen atoms in total. The number of anilines is 2. The smallest absolute Gasteiger partial charge is 0.294 e. The Morgan fingerprint density at radius 1 is 1.06 bits per heavy atom. The molecule has 2 aromatic carbocycles. The van der Waals surface area contributed by atoms with Gasteiger partial charge < -0.3 is 10.6 Å². The van der Waals surface area contributed by atoms with Gasteiger partial charge in [-0.1, -0.05) is 25.1 Å². The van der Waals surface area contributed by atoms with Gasteiger partial charge in [-0.3, -0.25) is 24.5 Å². The zero-order valence-corrected chi connectivity index (χ0v) is 16.8. The lowest BCUT2D eigenvalue weighted by atomic mass is 10.2. The molecule has 2 N–H and O–H groups in total. The first-order chi connectivity index (χ1) is 14.8. The van der Waals surface area contributed by atoms with Crippen molar-refractivity contribution in [3.05, 3.63) is 86.3 Å². The van der Waals surface area contributed by atoms with Gasteiger partial charge in [0.2, 0.25) is 11.3 Å². The summed E-state index contributed by atoms with van der Waals surface area (Å²) in [7, 11) is 0. The van der Waals surface area contributed by atoms with Gasteiger partial charge in [-0.2, -0.15) is 5.10 Å². The van der Waals surface area contributed by atoms with Crippen LogP contribution in [-0.2, 0) is 4.79 Å². The predicted octanol–water partition coefficient (Wildman–Crippen LogP) is 3.05. The molecule has 10 heteroatoms. The van der Waals surface area contributed by atoms with E-state index in [1.54, 1.807) is 44.2 Å². The number of benzene rings is 2. The summed E-state index contributed by atoms with van der Waals surface area (Å²) < 4.78 is 1.19. The van der Waals surface area contributed by atoms with Crippen molar-refractivity contribution in [2.75, 3.05) is 10.6 Å². The number of carbonyl (C=O) groups excluding carboxylic acids is 2. The Kier molecular flexibility index (Phi) is 6.20. The Labute approximate surface area is 176 Å². The van der Waals surface area contributed by atoms with Crippen molar-refractivity contribution in [3.63, 3.8) is 0 Å². The zero-order valence-electron chi connectivity index (χ0n) is 16.8. The number of nitro benzene ring substituents is 1. The molecule has 0 aliphatic heterocycles. The monoisotopic (exact) mass is 421 g/mol. The van der Waals surface area contributed by atoms with Gasteiger partial charge in [0, 0.05) is 35.6 Å². The Morgan fingerprint density at radius 2 is 1.74 bits per heavy atom. The molecule has 3 aromatic rings. The lowest BCUT2D eigenvalue weighted by Gasteiger charge is -2.12. The summed E-state index contributed by atoms with van der Waals surface area (Å²) in [4.78, 5) is 47.5. The second-order valence-corrected chi connectivity index (χ2v) is 6.59. The van der Waals surface area contributed by atoms with Gasteiger partial charge in [0.25, 0.3) is 11.6 Å². The number of nitro groups is 1. The molecule has 0 spiro atoms. The van der Waals surface area contributed by atoms with E-state index in [4.69, 9.17) is 0 Å². The van der Waals surface area contributed by atoms with Crippen LogP contribution in [0.3, 0.4) is 0 Å². The molecule has 3 rings (SSSR count). The molecular formula is C21H19N5O5. The Bertz CT molecular complexity index is 1230. The largest absolute Gasteiger partial charge is 0.326 e. The number of hydrogen-bond acceptors (Lipinski definition) is 6. The van der Waals surface area contributed by atoms with E-state index in [0.717, 1.165) is 0 Å². The predicted molar refractivity (Wildman–Crippen MR) is 115 cm³/mol. The van der Waals surface area contributed by atoms with E-state index in [1.807, 2.05) is 0 Å². The minimum atomic E-state index is -0.781. The fourth-order valence-corrected chi connectivity index (χ4v) is 2.86. The molecule has 0 saturated carbocycles. The topological polar surface area (TPSA) is 136 Å². The quantitative estimate of drug-likeness (QED) is 0.464. The number of carbonyl (C=O) groups is 2. The van der Waals surface area contributed by atoms with Crippen LogP contribution in [0.2, 0.25) is 0 Å². The SMILES string of the molecule is CCC(=O)Nc1cccc(NC(=O)c2nn(-c3ccccc3[N+](=O)[O-])c(C)cc2=O)c1. The maximum absolute atomic E-state index is 12.7. The normalized spacial score (nSPS) is 10.4. The highest BCUT2D eigenvalue weighted by Gasteiger charge is 2.20. The van der Waals surface area contributed by atoms with Crippen molar-refractivity contribution in [2.24, 2.45) is 0 Å². The summed E-state index contributed by atoms with van der Waals surface area (Å²) in [6, 6.07) is 13.5. The number of para-hydroxylation sites is 2. The highest BCUT2D eigenvalue weighted by Crippen LogP contribution is 2.22. The molecule has 0 atom stereocenters. The van der Waals surface area contributed by atoms with Crippen LogP contribution in [0.15, 0.2) is 59.4 Å². The number of amides is 2. The summed E-state index contributed by atoms with van der Waals surface area (Å²) >= 11 is 0. The van der Waals surface area contributed by atoms with Crippen molar-refractivity contribution in [3.8, 4) is 5.69 Å². The molecule has 2 amide bonds. The van der Waals surface area contributed by atoms with Crippen molar-refractivity contribution < 1.29 is 14.5 Å². The van der Waals surface area contributed by atoms with E-state index < -0.39 is 22.0 Å². The number of aromatic nitrogens is 2. The average Bonchev–Trinajstić information content (AvgIpc) is 2.74. The zero-order chi connectivity index (χ0) is 22.5. The number of nitrogens with zero attached hydrogens (tertiary/aromatic N) is 3. The molecule has 1 aromatic heterocycles. The Hall–Kier alpha value is -4.34. The van der Waals surface area contributed by atoms with Crippen LogP contribution in [0.5, 0.6) is 0 Å². The lowest BCUT2D eigenvalue weighted by molar-refractivity contribution is -0.384. The molecular weight excluding hydrogens is 402 g/mol. The number of nitrogens with one attached hydrogen (secondary N) is 2. The molecule has 0 aliphatic carbocycles. The summed E-state index contributed by atoms with van der Waals surface area (Å²) in [6.45, 7) is 3.28. The third-order valence-electron chi connectivity index (χ3n) is 4.35. The van der Waals surface area contributed by atoms with Gasteiger partial charge >= 0.3 is 0 Å². The van der Waals surface area contributed by atoms with E-state index in [1.165, 1.54) is 28.9 Å². The van der Waals surface area contributed by atoms with E-state index in [-0.39, 0.29) is 17.3 Å². The number of rotatable bonds is 6. The first kappa shape index (κ1) is 21.4. The molecule has 1 heterocycles. The number of hydrogen-bond donors (Lipinski definition) is 2. The van der Waals surface area contributed by atoms with Gasteiger partial charge in [-0.05, 0) is 31.2 Å². The molecule has 0 aliphatic rings. The van der Waals surface area contributed by atoms with Crippen molar-refractivity contribution in [1.82, 2.24) is 9.78 Å². The summed E-state index contributed by atoms with van der Waals surface area (Å²) in [5.74, 6) is -0.965. The molecule has 0 bridgehead atoms. The molecule has 31 heavy (non-hydrogen) atoms. The van der Waals surface area contributed by atoms with Crippen molar-refractivity contribution in [2.45, 2.75) is 20.3 Å². The lowest BCUT2D eigenvalue weighted by Crippen LogP contribution is -2.27. The molecule has 0 radical (unpaired) electrons. The summed E-state index contributed by atoms with van der Waals surface area (Å²) in [6.07, 6.45) is 0.301. The Morgan fingerprint density at radius 3 is 2.42 bits per heavy atom. The van der Waals surface area contributed by atoms with E-state index in [9.17, 15) is 24.5 Å². The molecule has 158 valence electrons. The van der Waals surface area contributed by atoms with Crippen LogP contribution in [0.1, 0.15) is 29.5 Å². The van der Waals surface area contributed by atoms with E-state index >= 15 is 0 Å². The van der Waals surface area contributed by atoms with Crippen molar-refractivity contribution in [1.29, 1.82) is 0 Å². The maximum Gasteiger partial charge on any atom is 0.294 e. The molecule has 0 saturated heterocycles. The van der Waals surface area contributed by atoms with Gasteiger partial charge in [-0.25, -0.2) is 4.68 Å². The first-order valence-electron chi connectivity index (χ1n) is 9.36. The maximum atomic E-state index is 12.7. The van der Waals surface area contributed by atoms with Crippen LogP contribution in [0.4, 0.5) is 17.1 Å². The van der Waals surface area contributed by atoms with Crippen LogP contribution in [0, 0.1) is 17.0 Å². The van der Waals surface area contributed by atoms with Crippen molar-refractivity contribution >= 4 is 28.9 Å². The van der Waals surface area contributed by atoms with Crippen LogP contribution in [0.25, 0.3) is 5.69 Å². The van der Waals surface area contributed by atoms with Crippen LogP contribution >= 0.6 is 0 Å². The van der Waals surface area contributed by atoms with Gasteiger partial charge in [0.05, 0.1) is 4.92 Å². The van der Waals surface area contributed by atoms with Gasteiger partial charge in [0.15, 0.2) is 5.69 Å². The van der Waals surface area contributed by atoms with E-state index in [2.05, 4.69) is 15.7 Å². The Balaban J connectivity index is 1.96. The third-order valence-corrected chi connectivity index (χ3v) is 4.35. The highest BCUT2D eigenvalue weighted by atomic mass is 16.6. The van der Waals surface area contributed by atoms with Crippen LogP contribution in [-0.4, -0.2) is 26.5 Å². The second kappa shape index (κ2) is 8.99. The average molecular weight is 421 g/mol. The van der Waals surface area contributed by atoms with Crippen LogP contribution < -0.4 is 16.1 Å². The molecule has 0 fully saturated rings. The summed E-state index contributed by atoms with van der Waals surface area (Å²) in [5.41, 5.74) is 0.0275. The second-order valence-electron chi connectivity index (χ2n) is 6.59. The minimum absolute atomic E-state index is 0.128.